The summed E-state index contributed by atoms with van der Waals surface area (Å²) in [5.41, 5.74) is -1.54. The molecule has 4 saturated carbocycles. The molecule has 4 rings (SSSR count). The van der Waals surface area contributed by atoms with Crippen molar-refractivity contribution in [1.29, 1.82) is 0 Å². The van der Waals surface area contributed by atoms with Crippen LogP contribution in [-0.2, 0) is 19.6 Å². The Balaban J connectivity index is 1.85. The lowest BCUT2D eigenvalue weighted by Gasteiger charge is -2.46. The molecule has 8 heteroatoms. The zero-order valence-electron chi connectivity index (χ0n) is 12.5. The highest BCUT2D eigenvalue weighted by Crippen LogP contribution is 2.69. The Morgan fingerprint density at radius 2 is 1.68 bits per heavy atom. The van der Waals surface area contributed by atoms with Crippen molar-refractivity contribution in [2.45, 2.75) is 56.8 Å². The number of hydrogen-bond acceptors (Lipinski definition) is 4. The van der Waals surface area contributed by atoms with Gasteiger partial charge in [0.1, 0.15) is 5.60 Å². The van der Waals surface area contributed by atoms with Crippen LogP contribution in [0.4, 0.5) is 8.78 Å². The summed E-state index contributed by atoms with van der Waals surface area (Å²) >= 11 is 0. The molecule has 0 amide bonds. The van der Waals surface area contributed by atoms with Gasteiger partial charge in [-0.3, -0.25) is 4.55 Å². The van der Waals surface area contributed by atoms with Crippen LogP contribution in [0.15, 0.2) is 0 Å². The maximum absolute atomic E-state index is 13.5. The van der Waals surface area contributed by atoms with Gasteiger partial charge in [-0.15, -0.1) is 0 Å². The lowest BCUT2D eigenvalue weighted by molar-refractivity contribution is -0.191. The number of ether oxygens (including phenoxy) is 1. The SMILES string of the molecule is CC(C)(OC(=O)C(F)(F)S(=O)(=O)O)C12CC3CC(CC1C3)C2. The summed E-state index contributed by atoms with van der Waals surface area (Å²) in [4.78, 5) is 11.7. The minimum Gasteiger partial charge on any atom is -0.454 e. The van der Waals surface area contributed by atoms with E-state index in [2.05, 4.69) is 0 Å². The summed E-state index contributed by atoms with van der Waals surface area (Å²) in [6, 6.07) is 0. The van der Waals surface area contributed by atoms with Crippen LogP contribution < -0.4 is 0 Å². The summed E-state index contributed by atoms with van der Waals surface area (Å²) in [5.74, 6) is -0.783. The lowest BCUT2D eigenvalue weighted by atomic mass is 9.66. The van der Waals surface area contributed by atoms with Crippen molar-refractivity contribution in [2.24, 2.45) is 23.2 Å². The Bertz CT molecular complexity index is 599. The smallest absolute Gasteiger partial charge is 0.454 e. The zero-order valence-corrected chi connectivity index (χ0v) is 13.3. The molecule has 5 nitrogen and oxygen atoms in total. The molecule has 4 fully saturated rings. The third-order valence-corrected chi connectivity index (χ3v) is 6.91. The molecular formula is C14H20F2O5S. The van der Waals surface area contributed by atoms with Crippen molar-refractivity contribution in [3.63, 3.8) is 0 Å². The predicted molar refractivity (Wildman–Crippen MR) is 72.7 cm³/mol. The molecule has 4 aliphatic rings. The third-order valence-electron chi connectivity index (χ3n) is 6.10. The molecule has 1 N–H and O–H groups in total. The normalized spacial score (nSPS) is 37.6. The summed E-state index contributed by atoms with van der Waals surface area (Å²) < 4.78 is 61.8. The second kappa shape index (κ2) is 4.41. The molecule has 4 aliphatic carbocycles. The largest absolute Gasteiger partial charge is 0.465 e. The van der Waals surface area contributed by atoms with Gasteiger partial charge in [0.25, 0.3) is 0 Å². The number of alkyl halides is 2. The van der Waals surface area contributed by atoms with Crippen LogP contribution >= 0.6 is 0 Å². The van der Waals surface area contributed by atoms with E-state index >= 15 is 0 Å². The molecule has 0 aliphatic heterocycles. The molecule has 0 aromatic carbocycles. The number of carbonyl (C=O) groups excluding carboxylic acids is 1. The highest BCUT2D eigenvalue weighted by Gasteiger charge is 2.66. The molecule has 0 saturated heterocycles. The van der Waals surface area contributed by atoms with E-state index in [4.69, 9.17) is 9.29 Å². The molecule has 2 unspecified atom stereocenters. The molecule has 2 atom stereocenters. The number of carbonyl (C=O) groups is 1. The second-order valence-electron chi connectivity index (χ2n) is 7.59. The first kappa shape index (κ1) is 16.1. The molecule has 22 heavy (non-hydrogen) atoms. The van der Waals surface area contributed by atoms with E-state index < -0.39 is 26.9 Å². The fourth-order valence-corrected chi connectivity index (χ4v) is 5.53. The van der Waals surface area contributed by atoms with Gasteiger partial charge in [-0.25, -0.2) is 4.79 Å². The summed E-state index contributed by atoms with van der Waals surface area (Å²) in [6.45, 7) is 3.15. The van der Waals surface area contributed by atoms with Crippen LogP contribution in [0.1, 0.15) is 46.0 Å². The van der Waals surface area contributed by atoms with Gasteiger partial charge in [-0.05, 0) is 63.7 Å². The van der Waals surface area contributed by atoms with Gasteiger partial charge in [0.05, 0.1) is 0 Å². The summed E-state index contributed by atoms with van der Waals surface area (Å²) in [7, 11) is -5.83. The minimum atomic E-state index is -5.83. The van der Waals surface area contributed by atoms with Crippen molar-refractivity contribution in [3.05, 3.63) is 0 Å². The van der Waals surface area contributed by atoms with E-state index in [1.54, 1.807) is 13.8 Å². The van der Waals surface area contributed by atoms with Crippen LogP contribution in [-0.4, -0.2) is 29.8 Å². The van der Waals surface area contributed by atoms with Gasteiger partial charge in [0.2, 0.25) is 0 Å². The molecule has 0 heterocycles. The van der Waals surface area contributed by atoms with Gasteiger partial charge >= 0.3 is 21.3 Å². The van der Waals surface area contributed by atoms with Crippen LogP contribution in [0, 0.1) is 23.2 Å². The Kier molecular flexibility index (Phi) is 3.23. The Morgan fingerprint density at radius 1 is 1.18 bits per heavy atom. The minimum absolute atomic E-state index is 0.332. The van der Waals surface area contributed by atoms with Crippen LogP contribution in [0.25, 0.3) is 0 Å². The molecule has 0 aromatic heterocycles. The maximum atomic E-state index is 13.5. The Labute approximate surface area is 128 Å². The molecule has 0 spiro atoms. The zero-order chi connectivity index (χ0) is 16.6. The Hall–Kier alpha value is -0.760. The van der Waals surface area contributed by atoms with Gasteiger partial charge in [-0.2, -0.15) is 17.2 Å². The highest BCUT2D eigenvalue weighted by atomic mass is 32.2. The number of esters is 1. The highest BCUT2D eigenvalue weighted by molar-refractivity contribution is 7.87. The topological polar surface area (TPSA) is 80.7 Å². The standard InChI is InChI=1S/C14H20F2O5S/c1-12(2,21-11(17)14(15,16)22(18,19)20)13-6-8-3-9(7-13)5-10(13)4-8/h8-10H,3-7H2,1-2H3,(H,18,19,20). The van der Waals surface area contributed by atoms with Gasteiger partial charge < -0.3 is 4.74 Å². The molecular weight excluding hydrogens is 318 g/mol. The average Bonchev–Trinajstić information content (AvgIpc) is 2.74. The van der Waals surface area contributed by atoms with Crippen molar-refractivity contribution < 1.29 is 31.3 Å². The van der Waals surface area contributed by atoms with Crippen LogP contribution in [0.3, 0.4) is 0 Å². The first-order valence-electron chi connectivity index (χ1n) is 7.47. The fourth-order valence-electron chi connectivity index (χ4n) is 5.28. The second-order valence-corrected chi connectivity index (χ2v) is 9.06. The number of hydrogen-bond donors (Lipinski definition) is 1. The number of halogens is 2. The average molecular weight is 338 g/mol. The molecule has 0 aromatic rings. The Morgan fingerprint density at radius 3 is 2.14 bits per heavy atom. The van der Waals surface area contributed by atoms with Crippen molar-refractivity contribution in [2.75, 3.05) is 0 Å². The summed E-state index contributed by atoms with van der Waals surface area (Å²) in [5, 5.41) is -4.93. The first-order chi connectivity index (χ1) is 9.89. The van der Waals surface area contributed by atoms with Crippen molar-refractivity contribution >= 4 is 16.1 Å². The van der Waals surface area contributed by atoms with E-state index in [-0.39, 0.29) is 5.41 Å². The van der Waals surface area contributed by atoms with E-state index in [0.29, 0.717) is 17.8 Å². The van der Waals surface area contributed by atoms with Gasteiger partial charge in [-0.1, -0.05) is 0 Å². The van der Waals surface area contributed by atoms with Crippen LogP contribution in [0.5, 0.6) is 0 Å². The van der Waals surface area contributed by atoms with E-state index in [9.17, 15) is 22.0 Å². The lowest BCUT2D eigenvalue weighted by Crippen LogP contribution is -2.51. The monoisotopic (exact) mass is 338 g/mol. The number of rotatable bonds is 4. The third kappa shape index (κ3) is 2.02. The van der Waals surface area contributed by atoms with Crippen molar-refractivity contribution in [3.8, 4) is 0 Å². The fraction of sp³-hybridized carbons (Fsp3) is 0.929. The first-order valence-corrected chi connectivity index (χ1v) is 8.91. The van der Waals surface area contributed by atoms with E-state index in [0.717, 1.165) is 32.1 Å². The summed E-state index contributed by atoms with van der Waals surface area (Å²) in [6.07, 6.45) is 4.83. The molecule has 126 valence electrons. The van der Waals surface area contributed by atoms with E-state index in [1.165, 1.54) is 0 Å². The van der Waals surface area contributed by atoms with Crippen molar-refractivity contribution in [1.82, 2.24) is 0 Å². The predicted octanol–water partition coefficient (Wildman–Crippen LogP) is 2.62. The maximum Gasteiger partial charge on any atom is 0.465 e. The van der Waals surface area contributed by atoms with Gasteiger partial charge in [0.15, 0.2) is 0 Å². The quantitative estimate of drug-likeness (QED) is 0.629. The van der Waals surface area contributed by atoms with Crippen LogP contribution in [0.2, 0.25) is 0 Å². The van der Waals surface area contributed by atoms with Gasteiger partial charge in [0, 0.05) is 5.41 Å². The molecule has 0 radical (unpaired) electrons. The molecule has 4 bridgehead atoms. The van der Waals surface area contributed by atoms with E-state index in [1.807, 2.05) is 0 Å².